The molecule has 0 amide bonds. The van der Waals surface area contributed by atoms with Crippen LogP contribution in [0.3, 0.4) is 0 Å². The molecule has 0 rings (SSSR count). The van der Waals surface area contributed by atoms with E-state index >= 15 is 0 Å². The van der Waals surface area contributed by atoms with Gasteiger partial charge in [-0.25, -0.2) is 0 Å². The highest BCUT2D eigenvalue weighted by atomic mass is 19.4. The van der Waals surface area contributed by atoms with E-state index in [2.05, 4.69) is 0 Å². The molecule has 2 nitrogen and oxygen atoms in total. The van der Waals surface area contributed by atoms with Crippen LogP contribution in [-0.2, 0) is 0 Å². The number of rotatable bonds is 25. The lowest BCUT2D eigenvalue weighted by molar-refractivity contribution is -0.891. The van der Waals surface area contributed by atoms with Crippen LogP contribution in [0, 0.1) is 0 Å². The highest BCUT2D eigenvalue weighted by Gasteiger charge is 2.82. The largest absolute Gasteiger partial charge is 0.460 e. The van der Waals surface area contributed by atoms with E-state index in [1.54, 1.807) is 0 Å². The fourth-order valence-corrected chi connectivity index (χ4v) is 5.27. The van der Waals surface area contributed by atoms with Crippen molar-refractivity contribution in [1.82, 2.24) is 0 Å². The number of alkyl halides is 18. The smallest absolute Gasteiger partial charge is 0.328 e. The van der Waals surface area contributed by atoms with Crippen molar-refractivity contribution in [1.29, 1.82) is 0 Å². The highest BCUT2D eigenvalue weighted by Crippen LogP contribution is 2.55. The van der Waals surface area contributed by atoms with Gasteiger partial charge >= 0.3 is 47.9 Å². The molecule has 0 aliphatic carbocycles. The predicted octanol–water partition coefficient (Wildman–Crippen LogP) is 11.5. The Labute approximate surface area is 280 Å². The standard InChI is InChI=1S/C30H48F18N2/c1-49(2,19-13-7-5-11-17-23(31,32)25(35,36)27(39,40)29(43,44)45)21-15-9-10-16-22-50(3,4)20-14-8-6-12-18-24(33,34)26(37,38)28(41,42)30(46,47)48/h5-22H2,1-4H3/q+2. The molecule has 0 bridgehead atoms. The molecule has 0 aromatic carbocycles. The van der Waals surface area contributed by atoms with Crippen molar-refractivity contribution in [2.45, 2.75) is 138 Å². The molecular formula is C30H48F18N2+2. The molecule has 0 aliphatic heterocycles. The Bertz CT molecular complexity index is 909. The van der Waals surface area contributed by atoms with E-state index in [0.717, 1.165) is 38.8 Å². The van der Waals surface area contributed by atoms with Crippen molar-refractivity contribution in [3.8, 4) is 0 Å². The Morgan fingerprint density at radius 2 is 0.480 bits per heavy atom. The minimum Gasteiger partial charge on any atom is -0.328 e. The van der Waals surface area contributed by atoms with Gasteiger partial charge in [-0.3, -0.25) is 0 Å². The maximum Gasteiger partial charge on any atom is 0.460 e. The maximum absolute atomic E-state index is 13.6. The molecule has 0 fully saturated rings. The third kappa shape index (κ3) is 13.3. The van der Waals surface area contributed by atoms with E-state index in [0.29, 0.717) is 34.9 Å². The normalized spacial score (nSPS) is 15.2. The first-order valence-corrected chi connectivity index (χ1v) is 16.2. The minimum atomic E-state index is -6.88. The van der Waals surface area contributed by atoms with Crippen LogP contribution < -0.4 is 0 Å². The second kappa shape index (κ2) is 17.7. The first-order chi connectivity index (χ1) is 22.1. The number of unbranched alkanes of at least 4 members (excludes halogenated alkanes) is 9. The van der Waals surface area contributed by atoms with Crippen LogP contribution in [0.2, 0.25) is 0 Å². The number of hydrogen-bond donors (Lipinski definition) is 0. The van der Waals surface area contributed by atoms with E-state index in [9.17, 15) is 79.0 Å². The molecule has 0 N–H and O–H groups in total. The molecule has 0 unspecified atom stereocenters. The van der Waals surface area contributed by atoms with Crippen molar-refractivity contribution in [3.05, 3.63) is 0 Å². The van der Waals surface area contributed by atoms with Gasteiger partial charge in [0.1, 0.15) is 0 Å². The van der Waals surface area contributed by atoms with Crippen molar-refractivity contribution in [3.63, 3.8) is 0 Å². The Kier molecular flexibility index (Phi) is 17.2. The lowest BCUT2D eigenvalue weighted by Gasteiger charge is -2.33. The third-order valence-corrected chi connectivity index (χ3v) is 8.70. The minimum absolute atomic E-state index is 0.0704. The molecule has 20 heteroatoms. The SMILES string of the molecule is C[N+](C)(CCCCCCC(F)(F)C(F)(F)C(F)(F)C(F)(F)F)CCCCCC[N+](C)(C)CCCCCCC(F)(F)C(F)(F)C(F)(F)C(F)(F)F. The first-order valence-electron chi connectivity index (χ1n) is 16.2. The Balaban J connectivity index is 4.27. The van der Waals surface area contributed by atoms with E-state index in [1.807, 2.05) is 28.2 Å². The Morgan fingerprint density at radius 1 is 0.280 bits per heavy atom. The molecule has 302 valence electrons. The fraction of sp³-hybridized carbons (Fsp3) is 1.00. The van der Waals surface area contributed by atoms with Gasteiger partial charge in [-0.15, -0.1) is 0 Å². The third-order valence-electron chi connectivity index (χ3n) is 8.70. The summed E-state index contributed by atoms with van der Waals surface area (Å²) in [5.74, 6) is -38.1. The molecule has 0 atom stereocenters. The zero-order chi connectivity index (χ0) is 39.7. The van der Waals surface area contributed by atoms with Crippen LogP contribution in [0.5, 0.6) is 0 Å². The number of quaternary nitrogens is 2. The Morgan fingerprint density at radius 3 is 0.680 bits per heavy atom. The van der Waals surface area contributed by atoms with E-state index in [1.165, 1.54) is 0 Å². The van der Waals surface area contributed by atoms with E-state index < -0.39 is 73.6 Å². The van der Waals surface area contributed by atoms with Gasteiger partial charge in [-0.2, -0.15) is 79.0 Å². The van der Waals surface area contributed by atoms with Gasteiger partial charge in [0.05, 0.1) is 54.4 Å². The molecule has 0 aromatic heterocycles. The average molecular weight is 779 g/mol. The van der Waals surface area contributed by atoms with Crippen LogP contribution in [-0.4, -0.2) is 111 Å². The van der Waals surface area contributed by atoms with Crippen molar-refractivity contribution < 1.29 is 88.0 Å². The second-order valence-corrected chi connectivity index (χ2v) is 14.2. The molecular weight excluding hydrogens is 730 g/mol. The Hall–Kier alpha value is -1.34. The molecule has 0 heterocycles. The summed E-state index contributed by atoms with van der Waals surface area (Å²) >= 11 is 0. The zero-order valence-corrected chi connectivity index (χ0v) is 28.4. The topological polar surface area (TPSA) is 0 Å². The maximum atomic E-state index is 13.6. The molecule has 0 aromatic rings. The summed E-state index contributed by atoms with van der Waals surface area (Å²) in [4.78, 5) is 0. The van der Waals surface area contributed by atoms with Crippen LogP contribution >= 0.6 is 0 Å². The van der Waals surface area contributed by atoms with Gasteiger partial charge < -0.3 is 8.97 Å². The molecule has 0 saturated carbocycles. The molecule has 50 heavy (non-hydrogen) atoms. The highest BCUT2D eigenvalue weighted by molar-refractivity contribution is 5.01. The summed E-state index contributed by atoms with van der Waals surface area (Å²) in [5, 5.41) is 0. The first kappa shape index (κ1) is 48.7. The molecule has 0 spiro atoms. The van der Waals surface area contributed by atoms with Gasteiger partial charge in [-0.1, -0.05) is 12.8 Å². The monoisotopic (exact) mass is 778 g/mol. The van der Waals surface area contributed by atoms with Crippen molar-refractivity contribution >= 4 is 0 Å². The van der Waals surface area contributed by atoms with Crippen LogP contribution in [0.1, 0.15) is 89.9 Å². The average Bonchev–Trinajstić information content (AvgIpc) is 2.92. The van der Waals surface area contributed by atoms with Gasteiger partial charge in [0.2, 0.25) is 0 Å². The van der Waals surface area contributed by atoms with Gasteiger partial charge in [-0.05, 0) is 64.2 Å². The fourth-order valence-electron chi connectivity index (χ4n) is 5.27. The molecule has 0 saturated heterocycles. The van der Waals surface area contributed by atoms with Crippen molar-refractivity contribution in [2.24, 2.45) is 0 Å². The van der Waals surface area contributed by atoms with Gasteiger partial charge in [0.25, 0.3) is 0 Å². The summed E-state index contributed by atoms with van der Waals surface area (Å²) < 4.78 is 234. The van der Waals surface area contributed by atoms with Crippen molar-refractivity contribution in [2.75, 3.05) is 54.4 Å². The van der Waals surface area contributed by atoms with Gasteiger partial charge in [0, 0.05) is 12.8 Å². The van der Waals surface area contributed by atoms with E-state index in [-0.39, 0.29) is 25.7 Å². The summed E-state index contributed by atoms with van der Waals surface area (Å²) in [7, 11) is 7.60. The van der Waals surface area contributed by atoms with Crippen LogP contribution in [0.4, 0.5) is 79.0 Å². The quantitative estimate of drug-likeness (QED) is 0.0492. The summed E-state index contributed by atoms with van der Waals surface area (Å²) in [5.41, 5.74) is 0. The van der Waals surface area contributed by atoms with Crippen LogP contribution in [0.25, 0.3) is 0 Å². The van der Waals surface area contributed by atoms with E-state index in [4.69, 9.17) is 0 Å². The molecule has 0 aliphatic rings. The number of nitrogens with zero attached hydrogens (tertiary/aromatic N) is 2. The number of hydrogen-bond acceptors (Lipinski definition) is 0. The summed E-state index contributed by atoms with van der Waals surface area (Å²) in [6.07, 6.45) is -14.0. The zero-order valence-electron chi connectivity index (χ0n) is 28.4. The predicted molar refractivity (Wildman–Crippen MR) is 150 cm³/mol. The van der Waals surface area contributed by atoms with Crippen LogP contribution in [0.15, 0.2) is 0 Å². The second-order valence-electron chi connectivity index (χ2n) is 14.2. The summed E-state index contributed by atoms with van der Waals surface area (Å²) in [6.45, 7) is 2.60. The lowest BCUT2D eigenvalue weighted by Crippen LogP contribution is -2.60. The lowest BCUT2D eigenvalue weighted by atomic mass is 9.98. The van der Waals surface area contributed by atoms with Gasteiger partial charge in [0.15, 0.2) is 0 Å². The molecule has 0 radical (unpaired) electrons. The summed E-state index contributed by atoms with van der Waals surface area (Å²) in [6, 6.07) is 0. The number of halogens is 18.